The average molecular weight is 385 g/mol. The fourth-order valence-corrected chi connectivity index (χ4v) is 3.81. The molecule has 0 saturated carbocycles. The summed E-state index contributed by atoms with van der Waals surface area (Å²) in [6, 6.07) is 8.17. The van der Waals surface area contributed by atoms with Gasteiger partial charge in [0.2, 0.25) is 0 Å². The predicted octanol–water partition coefficient (Wildman–Crippen LogP) is 4.92. The Balaban J connectivity index is 2.07. The second-order valence-corrected chi connectivity index (χ2v) is 14.8. The van der Waals surface area contributed by atoms with Crippen LogP contribution in [0.15, 0.2) is 30.5 Å². The van der Waals surface area contributed by atoms with Gasteiger partial charge in [0.15, 0.2) is 0 Å². The van der Waals surface area contributed by atoms with Crippen LogP contribution in [-0.2, 0) is 9.31 Å². The summed E-state index contributed by atoms with van der Waals surface area (Å²) in [6.45, 7) is 19.5. The molecular formula is C21H32BNO3Si. The third-order valence-corrected chi connectivity index (χ3v) is 10.7. The Kier molecular flexibility index (Phi) is 4.77. The molecule has 0 amide bonds. The molecule has 0 spiro atoms. The Labute approximate surface area is 164 Å². The molecule has 0 N–H and O–H groups in total. The molecule has 1 aliphatic rings. The van der Waals surface area contributed by atoms with E-state index in [-0.39, 0.29) is 16.2 Å². The van der Waals surface area contributed by atoms with Crippen molar-refractivity contribution in [2.45, 2.75) is 77.8 Å². The van der Waals surface area contributed by atoms with Gasteiger partial charge in [0.1, 0.15) is 11.3 Å². The van der Waals surface area contributed by atoms with Crippen LogP contribution in [0.1, 0.15) is 48.5 Å². The van der Waals surface area contributed by atoms with E-state index >= 15 is 0 Å². The lowest BCUT2D eigenvalue weighted by atomic mass is 9.78. The summed E-state index contributed by atoms with van der Waals surface area (Å²) in [5.41, 5.74) is 1.12. The lowest BCUT2D eigenvalue weighted by Gasteiger charge is -2.36. The first-order chi connectivity index (χ1) is 12.2. The normalized spacial score (nSPS) is 19.5. The molecule has 1 aromatic heterocycles. The maximum absolute atomic E-state index is 6.65. The van der Waals surface area contributed by atoms with E-state index < -0.39 is 15.4 Å². The van der Waals surface area contributed by atoms with Crippen molar-refractivity contribution in [3.63, 3.8) is 0 Å². The number of nitrogens with zero attached hydrogens (tertiary/aromatic N) is 1. The molecule has 0 atom stereocenters. The van der Waals surface area contributed by atoms with Crippen LogP contribution in [-0.4, -0.2) is 31.6 Å². The molecule has 146 valence electrons. The second-order valence-electron chi connectivity index (χ2n) is 10.0. The first-order valence-electron chi connectivity index (χ1n) is 9.67. The van der Waals surface area contributed by atoms with Crippen molar-refractivity contribution in [3.8, 4) is 5.75 Å². The number of fused-ring (bicyclic) bond motifs is 1. The number of pyridine rings is 1. The van der Waals surface area contributed by atoms with Gasteiger partial charge in [-0.15, -0.1) is 0 Å². The topological polar surface area (TPSA) is 40.6 Å². The zero-order valence-corrected chi connectivity index (χ0v) is 19.1. The molecule has 1 aromatic carbocycles. The first-order valence-corrected chi connectivity index (χ1v) is 12.6. The summed E-state index contributed by atoms with van der Waals surface area (Å²) in [6.07, 6.45) is 1.81. The van der Waals surface area contributed by atoms with Gasteiger partial charge in [-0.3, -0.25) is 4.98 Å². The van der Waals surface area contributed by atoms with Gasteiger partial charge in [-0.2, -0.15) is 0 Å². The number of benzene rings is 1. The fourth-order valence-electron chi connectivity index (χ4n) is 2.80. The van der Waals surface area contributed by atoms with Crippen molar-refractivity contribution in [2.75, 3.05) is 0 Å². The van der Waals surface area contributed by atoms with E-state index in [2.05, 4.69) is 84.7 Å². The Hall–Kier alpha value is -1.37. The summed E-state index contributed by atoms with van der Waals surface area (Å²) >= 11 is 0. The van der Waals surface area contributed by atoms with Crippen molar-refractivity contribution in [3.05, 3.63) is 30.5 Å². The maximum atomic E-state index is 6.65. The highest BCUT2D eigenvalue weighted by Crippen LogP contribution is 2.40. The van der Waals surface area contributed by atoms with Crippen molar-refractivity contribution < 1.29 is 13.7 Å². The van der Waals surface area contributed by atoms with Crippen LogP contribution in [0.25, 0.3) is 10.9 Å². The van der Waals surface area contributed by atoms with Crippen molar-refractivity contribution in [1.29, 1.82) is 0 Å². The van der Waals surface area contributed by atoms with E-state index in [4.69, 9.17) is 13.7 Å². The van der Waals surface area contributed by atoms with E-state index in [1.807, 2.05) is 12.3 Å². The minimum Gasteiger partial charge on any atom is -0.542 e. The molecular weight excluding hydrogens is 353 g/mol. The van der Waals surface area contributed by atoms with E-state index in [0.29, 0.717) is 0 Å². The Morgan fingerprint density at radius 3 is 2.19 bits per heavy atom. The quantitative estimate of drug-likeness (QED) is 0.704. The number of hydrogen-bond acceptors (Lipinski definition) is 4. The summed E-state index contributed by atoms with van der Waals surface area (Å²) in [5.74, 6) is 0.824. The molecule has 0 radical (unpaired) electrons. The van der Waals surface area contributed by atoms with Gasteiger partial charge < -0.3 is 13.7 Å². The van der Waals surface area contributed by atoms with Crippen LogP contribution in [0.5, 0.6) is 5.75 Å². The standard InChI is InChI=1S/C21H32BNO3Si/c1-19(2,3)27(8,9)24-17-14-16(13-15-11-10-12-23-18(15)17)22-25-20(4,5)21(6,7)26-22/h10-14H,1-9H3. The van der Waals surface area contributed by atoms with Crippen molar-refractivity contribution in [2.24, 2.45) is 0 Å². The largest absolute Gasteiger partial charge is 0.542 e. The molecule has 0 bridgehead atoms. The second kappa shape index (κ2) is 6.33. The SMILES string of the molecule is CC1(C)OB(c2cc(O[Si](C)(C)C(C)(C)C)c3ncccc3c2)OC1(C)C. The minimum absolute atomic E-state index is 0.106. The monoisotopic (exact) mass is 385 g/mol. The molecule has 2 aromatic rings. The lowest BCUT2D eigenvalue weighted by molar-refractivity contribution is 0.00578. The van der Waals surface area contributed by atoms with E-state index in [0.717, 1.165) is 22.1 Å². The third-order valence-electron chi connectivity index (χ3n) is 6.39. The maximum Gasteiger partial charge on any atom is 0.494 e. The molecule has 6 heteroatoms. The van der Waals surface area contributed by atoms with Gasteiger partial charge in [-0.05, 0) is 63.4 Å². The number of hydrogen-bond donors (Lipinski definition) is 0. The van der Waals surface area contributed by atoms with Gasteiger partial charge >= 0.3 is 7.12 Å². The smallest absolute Gasteiger partial charge is 0.494 e. The van der Waals surface area contributed by atoms with Gasteiger partial charge in [-0.1, -0.05) is 32.9 Å². The minimum atomic E-state index is -2.00. The fraction of sp³-hybridized carbons (Fsp3) is 0.571. The van der Waals surface area contributed by atoms with Crippen LogP contribution in [0.3, 0.4) is 0 Å². The Morgan fingerprint density at radius 1 is 1.04 bits per heavy atom. The molecule has 1 saturated heterocycles. The molecule has 1 fully saturated rings. The molecule has 0 unspecified atom stereocenters. The molecule has 27 heavy (non-hydrogen) atoms. The number of rotatable bonds is 3. The molecule has 2 heterocycles. The van der Waals surface area contributed by atoms with Crippen LogP contribution in [0, 0.1) is 0 Å². The van der Waals surface area contributed by atoms with Gasteiger partial charge in [0, 0.05) is 11.6 Å². The van der Waals surface area contributed by atoms with E-state index in [9.17, 15) is 0 Å². The highest BCUT2D eigenvalue weighted by atomic mass is 28.4. The zero-order valence-electron chi connectivity index (χ0n) is 18.1. The summed E-state index contributed by atoms with van der Waals surface area (Å²) in [7, 11) is -2.42. The average Bonchev–Trinajstić information content (AvgIpc) is 2.74. The van der Waals surface area contributed by atoms with Gasteiger partial charge in [0.25, 0.3) is 8.32 Å². The molecule has 4 nitrogen and oxygen atoms in total. The van der Waals surface area contributed by atoms with Gasteiger partial charge in [-0.25, -0.2) is 0 Å². The zero-order chi connectivity index (χ0) is 20.3. The Morgan fingerprint density at radius 2 is 1.63 bits per heavy atom. The predicted molar refractivity (Wildman–Crippen MR) is 115 cm³/mol. The van der Waals surface area contributed by atoms with Crippen LogP contribution >= 0.6 is 0 Å². The number of aromatic nitrogens is 1. The Bertz CT molecular complexity index is 842. The van der Waals surface area contributed by atoms with Crippen molar-refractivity contribution >= 4 is 31.8 Å². The highest BCUT2D eigenvalue weighted by Gasteiger charge is 2.52. The van der Waals surface area contributed by atoms with E-state index in [1.165, 1.54) is 0 Å². The van der Waals surface area contributed by atoms with Crippen molar-refractivity contribution in [1.82, 2.24) is 4.98 Å². The molecule has 0 aliphatic carbocycles. The summed E-state index contributed by atoms with van der Waals surface area (Å²) < 4.78 is 19.2. The summed E-state index contributed by atoms with van der Waals surface area (Å²) in [5, 5.41) is 1.15. The molecule has 3 rings (SSSR count). The van der Waals surface area contributed by atoms with Crippen LogP contribution in [0.4, 0.5) is 0 Å². The third kappa shape index (κ3) is 3.67. The van der Waals surface area contributed by atoms with E-state index in [1.54, 1.807) is 0 Å². The summed E-state index contributed by atoms with van der Waals surface area (Å²) in [4.78, 5) is 4.59. The van der Waals surface area contributed by atoms with Crippen LogP contribution in [0.2, 0.25) is 18.1 Å². The highest BCUT2D eigenvalue weighted by molar-refractivity contribution is 6.74. The first kappa shape index (κ1) is 20.4. The van der Waals surface area contributed by atoms with Crippen LogP contribution < -0.4 is 9.89 Å². The molecule has 1 aliphatic heterocycles. The van der Waals surface area contributed by atoms with Gasteiger partial charge in [0.05, 0.1) is 11.2 Å². The lowest BCUT2D eigenvalue weighted by Crippen LogP contribution is -2.44.